The van der Waals surface area contributed by atoms with E-state index in [2.05, 4.69) is 36.4 Å². The van der Waals surface area contributed by atoms with E-state index in [-0.39, 0.29) is 51.9 Å². The SMILES string of the molecule is [2H]c1c([2H])c(-c2nc(-c3ccccc3)nc(-c3cccc(-c4ccc(-c5ccccc5)c5ccccc45)c3)n2)c2c([2H])c(-c3ccccc3)c([2H])c([2H])c2c1[2H]. The van der Waals surface area contributed by atoms with Crippen LogP contribution in [-0.2, 0) is 0 Å². The molecule has 0 amide bonds. The molecule has 0 aliphatic rings. The first-order chi connectivity index (χ1) is 27.3. The molecular weight excluding hydrogens is 607 g/mol. The predicted molar refractivity (Wildman–Crippen MR) is 207 cm³/mol. The molecule has 0 fully saturated rings. The first kappa shape index (κ1) is 23.6. The average molecular weight is 644 g/mol. The molecule has 0 aliphatic carbocycles. The maximum Gasteiger partial charge on any atom is 0.164 e. The molecule has 0 bridgehead atoms. The van der Waals surface area contributed by atoms with Crippen LogP contribution in [0.1, 0.15) is 8.22 Å². The first-order valence-electron chi connectivity index (χ1n) is 19.4. The number of aromatic nitrogens is 3. The van der Waals surface area contributed by atoms with E-state index in [4.69, 9.17) is 20.4 Å². The van der Waals surface area contributed by atoms with Gasteiger partial charge >= 0.3 is 0 Å². The van der Waals surface area contributed by atoms with Crippen LogP contribution in [0, 0.1) is 0 Å². The minimum atomic E-state index is -0.441. The standard InChI is InChI=1S/C47H31N3/c1-4-14-32(15-5-1)36-27-26-34-20-13-25-43(44(34)31-36)47-49-45(35-18-8-3-9-19-35)48-46(50-47)38-22-12-21-37(30-38)40-29-28-39(33-16-6-2-7-17-33)41-23-10-11-24-42(40)41/h1-31H/i13D,20D,25D,26D,27D,31D. The van der Waals surface area contributed by atoms with Gasteiger partial charge in [-0.3, -0.25) is 0 Å². The Morgan fingerprint density at radius 2 is 0.880 bits per heavy atom. The van der Waals surface area contributed by atoms with Gasteiger partial charge in [-0.2, -0.15) is 0 Å². The average Bonchev–Trinajstić information content (AvgIpc) is 3.25. The maximum absolute atomic E-state index is 9.46. The Bertz CT molecular complexity index is 2970. The van der Waals surface area contributed by atoms with Gasteiger partial charge in [0.1, 0.15) is 0 Å². The molecule has 3 nitrogen and oxygen atoms in total. The van der Waals surface area contributed by atoms with Gasteiger partial charge in [-0.15, -0.1) is 0 Å². The fourth-order valence-electron chi connectivity index (χ4n) is 6.40. The van der Waals surface area contributed by atoms with Crippen LogP contribution in [0.5, 0.6) is 0 Å². The normalized spacial score (nSPS) is 12.9. The maximum atomic E-state index is 9.46. The summed E-state index contributed by atoms with van der Waals surface area (Å²) in [7, 11) is 0. The fourth-order valence-corrected chi connectivity index (χ4v) is 6.40. The second kappa shape index (κ2) is 12.7. The van der Waals surface area contributed by atoms with Crippen molar-refractivity contribution in [2.24, 2.45) is 0 Å². The molecule has 0 aliphatic heterocycles. The minimum absolute atomic E-state index is 0.0325. The molecule has 0 atom stereocenters. The first-order valence-corrected chi connectivity index (χ1v) is 16.4. The third-order valence-corrected chi connectivity index (χ3v) is 8.83. The molecule has 50 heavy (non-hydrogen) atoms. The highest BCUT2D eigenvalue weighted by Crippen LogP contribution is 2.37. The highest BCUT2D eigenvalue weighted by atomic mass is 15.0. The smallest absolute Gasteiger partial charge is 0.164 e. The summed E-state index contributed by atoms with van der Waals surface area (Å²) in [6, 6.07) is 47.4. The van der Waals surface area contributed by atoms with E-state index in [0.29, 0.717) is 28.3 Å². The zero-order chi connectivity index (χ0) is 38.5. The van der Waals surface area contributed by atoms with E-state index in [1.165, 1.54) is 0 Å². The summed E-state index contributed by atoms with van der Waals surface area (Å²) in [6.45, 7) is 0. The van der Waals surface area contributed by atoms with Crippen molar-refractivity contribution < 1.29 is 8.22 Å². The van der Waals surface area contributed by atoms with Crippen molar-refractivity contribution in [3.05, 3.63) is 188 Å². The summed E-state index contributed by atoms with van der Waals surface area (Å²) >= 11 is 0. The van der Waals surface area contributed by atoms with Crippen LogP contribution in [0.2, 0.25) is 0 Å². The zero-order valence-electron chi connectivity index (χ0n) is 32.8. The molecule has 1 heterocycles. The van der Waals surface area contributed by atoms with Crippen LogP contribution >= 0.6 is 0 Å². The molecule has 0 radical (unpaired) electrons. The van der Waals surface area contributed by atoms with Crippen LogP contribution in [-0.4, -0.2) is 15.0 Å². The largest absolute Gasteiger partial charge is 0.208 e. The van der Waals surface area contributed by atoms with E-state index in [1.807, 2.05) is 91.0 Å². The molecular formula is C47H31N3. The molecule has 0 unspecified atom stereocenters. The number of hydrogen-bond acceptors (Lipinski definition) is 3. The van der Waals surface area contributed by atoms with Gasteiger partial charge < -0.3 is 0 Å². The van der Waals surface area contributed by atoms with Crippen LogP contribution in [0.15, 0.2) is 188 Å². The van der Waals surface area contributed by atoms with Crippen LogP contribution in [0.25, 0.3) is 89.1 Å². The van der Waals surface area contributed by atoms with Gasteiger partial charge in [-0.05, 0) is 67.0 Å². The van der Waals surface area contributed by atoms with Crippen molar-refractivity contribution in [2.75, 3.05) is 0 Å². The van der Waals surface area contributed by atoms with Crippen molar-refractivity contribution in [2.45, 2.75) is 0 Å². The molecule has 0 saturated heterocycles. The lowest BCUT2D eigenvalue weighted by molar-refractivity contribution is 1.08. The minimum Gasteiger partial charge on any atom is -0.208 e. The Labute approximate surface area is 299 Å². The summed E-state index contributed by atoms with van der Waals surface area (Å²) < 4.78 is 54.2. The Balaban J connectivity index is 1.29. The third-order valence-electron chi connectivity index (χ3n) is 8.83. The molecule has 0 N–H and O–H groups in total. The summed E-state index contributed by atoms with van der Waals surface area (Å²) in [5.41, 5.74) is 6.42. The summed E-state index contributed by atoms with van der Waals surface area (Å²) in [4.78, 5) is 14.7. The van der Waals surface area contributed by atoms with Crippen LogP contribution < -0.4 is 0 Å². The summed E-state index contributed by atoms with van der Waals surface area (Å²) in [5, 5.41) is 2.23. The highest BCUT2D eigenvalue weighted by Gasteiger charge is 2.16. The van der Waals surface area contributed by atoms with Crippen molar-refractivity contribution >= 4 is 21.5 Å². The van der Waals surface area contributed by atoms with Gasteiger partial charge in [-0.1, -0.05) is 176 Å². The molecule has 3 heteroatoms. The lowest BCUT2D eigenvalue weighted by Crippen LogP contribution is -2.00. The quantitative estimate of drug-likeness (QED) is 0.181. The van der Waals surface area contributed by atoms with Crippen LogP contribution in [0.4, 0.5) is 0 Å². The van der Waals surface area contributed by atoms with Crippen molar-refractivity contribution in [1.82, 2.24) is 15.0 Å². The molecule has 1 aromatic heterocycles. The highest BCUT2D eigenvalue weighted by molar-refractivity contribution is 6.05. The molecule has 9 rings (SSSR count). The van der Waals surface area contributed by atoms with Crippen molar-refractivity contribution in [3.63, 3.8) is 0 Å². The topological polar surface area (TPSA) is 38.7 Å². The monoisotopic (exact) mass is 643 g/mol. The van der Waals surface area contributed by atoms with E-state index in [0.717, 1.165) is 33.0 Å². The molecule has 9 aromatic rings. The molecule has 234 valence electrons. The van der Waals surface area contributed by atoms with Crippen molar-refractivity contribution in [1.29, 1.82) is 0 Å². The van der Waals surface area contributed by atoms with E-state index >= 15 is 0 Å². The predicted octanol–water partition coefficient (Wildman–Crippen LogP) is 12.2. The lowest BCUT2D eigenvalue weighted by Gasteiger charge is -2.14. The Morgan fingerprint density at radius 3 is 1.58 bits per heavy atom. The van der Waals surface area contributed by atoms with Crippen molar-refractivity contribution in [3.8, 4) is 67.5 Å². The molecule has 8 aromatic carbocycles. The Morgan fingerprint density at radius 1 is 0.340 bits per heavy atom. The van der Waals surface area contributed by atoms with E-state index < -0.39 is 12.1 Å². The Kier molecular flexibility index (Phi) is 6.00. The second-order valence-corrected chi connectivity index (χ2v) is 11.9. The van der Waals surface area contributed by atoms with Crippen LogP contribution in [0.3, 0.4) is 0 Å². The second-order valence-electron chi connectivity index (χ2n) is 11.9. The summed E-state index contributed by atoms with van der Waals surface area (Å²) in [5.74, 6) is 0.666. The van der Waals surface area contributed by atoms with Gasteiger partial charge in [0.2, 0.25) is 0 Å². The van der Waals surface area contributed by atoms with Gasteiger partial charge in [0.05, 0.1) is 8.22 Å². The molecule has 0 spiro atoms. The number of fused-ring (bicyclic) bond motifs is 2. The summed E-state index contributed by atoms with van der Waals surface area (Å²) in [6.07, 6.45) is 0. The lowest BCUT2D eigenvalue weighted by atomic mass is 9.91. The number of hydrogen-bond donors (Lipinski definition) is 0. The third kappa shape index (κ3) is 5.51. The fraction of sp³-hybridized carbons (Fsp3) is 0. The Hall–Kier alpha value is -6.71. The van der Waals surface area contributed by atoms with Gasteiger partial charge in [0.25, 0.3) is 0 Å². The molecule has 0 saturated carbocycles. The zero-order valence-corrected chi connectivity index (χ0v) is 26.8. The van der Waals surface area contributed by atoms with E-state index in [1.54, 1.807) is 24.3 Å². The van der Waals surface area contributed by atoms with Gasteiger partial charge in [-0.25, -0.2) is 15.0 Å². The van der Waals surface area contributed by atoms with Gasteiger partial charge in [0.15, 0.2) is 17.5 Å². The number of rotatable bonds is 6. The number of benzene rings is 8. The van der Waals surface area contributed by atoms with E-state index in [9.17, 15) is 2.74 Å². The number of nitrogens with zero attached hydrogens (tertiary/aromatic N) is 3. The van der Waals surface area contributed by atoms with Gasteiger partial charge in [0, 0.05) is 16.7 Å².